The zero-order valence-corrected chi connectivity index (χ0v) is 13.9. The largest absolute Gasteiger partial charge is 0.376 e. The van der Waals surface area contributed by atoms with E-state index < -0.39 is 0 Å². The minimum absolute atomic E-state index is 0.172. The molecule has 1 heterocycles. The fourth-order valence-electron chi connectivity index (χ4n) is 2.23. The first-order valence-corrected chi connectivity index (χ1v) is 7.57. The van der Waals surface area contributed by atoms with Crippen LogP contribution >= 0.6 is 12.2 Å². The molecule has 0 spiro atoms. The van der Waals surface area contributed by atoms with Crippen molar-refractivity contribution in [1.82, 2.24) is 15.6 Å². The topological polar surface area (TPSA) is 83.3 Å². The van der Waals surface area contributed by atoms with E-state index in [1.165, 1.54) is 0 Å². The third-order valence-corrected chi connectivity index (χ3v) is 3.59. The van der Waals surface area contributed by atoms with Crippen molar-refractivity contribution >= 4 is 45.6 Å². The summed E-state index contributed by atoms with van der Waals surface area (Å²) in [5.41, 5.74) is 3.16. The van der Waals surface area contributed by atoms with Crippen LogP contribution in [0.4, 0.5) is 11.4 Å². The van der Waals surface area contributed by atoms with Crippen molar-refractivity contribution in [2.45, 2.75) is 0 Å². The number of rotatable bonds is 3. The lowest BCUT2D eigenvalue weighted by Crippen LogP contribution is -2.34. The van der Waals surface area contributed by atoms with Crippen molar-refractivity contribution < 1.29 is 9.42 Å². The summed E-state index contributed by atoms with van der Waals surface area (Å²) in [6.07, 6.45) is 0. The van der Waals surface area contributed by atoms with Crippen LogP contribution < -0.4 is 15.5 Å². The van der Waals surface area contributed by atoms with E-state index in [0.717, 1.165) is 5.69 Å². The van der Waals surface area contributed by atoms with E-state index in [4.69, 9.17) is 16.8 Å². The standard InChI is InChI=1S/C16H15N5O2S/c1-21(2)12-9-8-11(13-14(12)20-23-19-13)17-16(24)18-15(22)10-6-4-3-5-7-10/h3-9H,1-2H3,(H2,17,18,22,24). The molecule has 0 unspecified atom stereocenters. The second-order valence-corrected chi connectivity index (χ2v) is 5.67. The number of benzene rings is 2. The molecular formula is C16H15N5O2S. The van der Waals surface area contributed by atoms with Gasteiger partial charge in [0.1, 0.15) is 0 Å². The number of thiocarbonyl (C=S) groups is 1. The molecule has 7 nitrogen and oxygen atoms in total. The quantitative estimate of drug-likeness (QED) is 0.708. The maximum Gasteiger partial charge on any atom is 0.257 e. The average molecular weight is 341 g/mol. The lowest BCUT2D eigenvalue weighted by Gasteiger charge is -2.14. The van der Waals surface area contributed by atoms with Crippen LogP contribution in [0.15, 0.2) is 47.1 Å². The van der Waals surface area contributed by atoms with Crippen LogP contribution in [0, 0.1) is 0 Å². The highest BCUT2D eigenvalue weighted by Crippen LogP contribution is 2.28. The predicted octanol–water partition coefficient (Wildman–Crippen LogP) is 2.42. The molecule has 1 aromatic heterocycles. The van der Waals surface area contributed by atoms with Gasteiger partial charge in [-0.05, 0) is 46.8 Å². The van der Waals surface area contributed by atoms with Crippen molar-refractivity contribution in [2.24, 2.45) is 0 Å². The molecule has 0 aliphatic carbocycles. The summed E-state index contributed by atoms with van der Waals surface area (Å²) >= 11 is 5.20. The van der Waals surface area contributed by atoms with Crippen molar-refractivity contribution in [3.8, 4) is 0 Å². The summed E-state index contributed by atoms with van der Waals surface area (Å²) < 4.78 is 4.83. The molecule has 122 valence electrons. The van der Waals surface area contributed by atoms with Crippen LogP contribution in [0.5, 0.6) is 0 Å². The van der Waals surface area contributed by atoms with Crippen molar-refractivity contribution in [3.05, 3.63) is 48.0 Å². The number of carbonyl (C=O) groups excluding carboxylic acids is 1. The Labute approximate surface area is 143 Å². The normalized spacial score (nSPS) is 10.4. The van der Waals surface area contributed by atoms with Gasteiger partial charge in [-0.2, -0.15) is 0 Å². The van der Waals surface area contributed by atoms with Crippen LogP contribution in [0.3, 0.4) is 0 Å². The highest BCUT2D eigenvalue weighted by atomic mass is 32.1. The van der Waals surface area contributed by atoms with Gasteiger partial charge in [-0.3, -0.25) is 10.1 Å². The molecular weight excluding hydrogens is 326 g/mol. The van der Waals surface area contributed by atoms with Crippen LogP contribution in [0.25, 0.3) is 11.0 Å². The van der Waals surface area contributed by atoms with Crippen molar-refractivity contribution in [3.63, 3.8) is 0 Å². The molecule has 0 saturated carbocycles. The maximum absolute atomic E-state index is 12.1. The van der Waals surface area contributed by atoms with E-state index in [1.807, 2.05) is 37.2 Å². The minimum atomic E-state index is -0.285. The Balaban J connectivity index is 1.78. The summed E-state index contributed by atoms with van der Waals surface area (Å²) in [6.45, 7) is 0. The number of carbonyl (C=O) groups is 1. The summed E-state index contributed by atoms with van der Waals surface area (Å²) in [7, 11) is 3.81. The number of anilines is 2. The first-order valence-electron chi connectivity index (χ1n) is 7.16. The lowest BCUT2D eigenvalue weighted by atomic mass is 10.2. The average Bonchev–Trinajstić information content (AvgIpc) is 3.05. The Morgan fingerprint density at radius 1 is 1.08 bits per heavy atom. The van der Waals surface area contributed by atoms with Gasteiger partial charge >= 0.3 is 0 Å². The highest BCUT2D eigenvalue weighted by Gasteiger charge is 2.15. The summed E-state index contributed by atoms with van der Waals surface area (Å²) in [5, 5.41) is 13.6. The van der Waals surface area contributed by atoms with Gasteiger partial charge in [-0.1, -0.05) is 18.2 Å². The Morgan fingerprint density at radius 2 is 1.79 bits per heavy atom. The SMILES string of the molecule is CN(C)c1ccc(NC(=S)NC(=O)c2ccccc2)c2nonc12. The van der Waals surface area contributed by atoms with Crippen LogP contribution in [-0.4, -0.2) is 35.4 Å². The van der Waals surface area contributed by atoms with Gasteiger partial charge in [0, 0.05) is 19.7 Å². The molecule has 1 amide bonds. The molecule has 0 bridgehead atoms. The molecule has 0 radical (unpaired) electrons. The second-order valence-electron chi connectivity index (χ2n) is 5.26. The van der Waals surface area contributed by atoms with Gasteiger partial charge in [0.15, 0.2) is 16.1 Å². The number of fused-ring (bicyclic) bond motifs is 1. The van der Waals surface area contributed by atoms with Crippen LogP contribution in [0.1, 0.15) is 10.4 Å². The molecule has 0 aliphatic rings. The minimum Gasteiger partial charge on any atom is -0.376 e. The van der Waals surface area contributed by atoms with Gasteiger partial charge in [0.25, 0.3) is 5.91 Å². The van der Waals surface area contributed by atoms with Gasteiger partial charge in [-0.25, -0.2) is 4.63 Å². The third kappa shape index (κ3) is 3.18. The van der Waals surface area contributed by atoms with Crippen LogP contribution in [-0.2, 0) is 0 Å². The Kier molecular flexibility index (Phi) is 4.39. The monoisotopic (exact) mass is 341 g/mol. The van der Waals surface area contributed by atoms with Gasteiger partial charge in [0.05, 0.1) is 11.4 Å². The number of hydrogen-bond acceptors (Lipinski definition) is 6. The highest BCUT2D eigenvalue weighted by molar-refractivity contribution is 7.80. The fraction of sp³-hybridized carbons (Fsp3) is 0.125. The van der Waals surface area contributed by atoms with Crippen molar-refractivity contribution in [2.75, 3.05) is 24.3 Å². The fourth-order valence-corrected chi connectivity index (χ4v) is 2.44. The third-order valence-electron chi connectivity index (χ3n) is 3.39. The van der Waals surface area contributed by atoms with E-state index in [9.17, 15) is 4.79 Å². The number of hydrogen-bond donors (Lipinski definition) is 2. The lowest BCUT2D eigenvalue weighted by molar-refractivity contribution is 0.0977. The molecule has 24 heavy (non-hydrogen) atoms. The first kappa shape index (κ1) is 15.9. The Hall–Kier alpha value is -3.00. The van der Waals surface area contributed by atoms with Crippen molar-refractivity contribution in [1.29, 1.82) is 0 Å². The van der Waals surface area contributed by atoms with E-state index >= 15 is 0 Å². The van der Waals surface area contributed by atoms with Gasteiger partial charge < -0.3 is 10.2 Å². The zero-order chi connectivity index (χ0) is 17.1. The Bertz CT molecular complexity index is 892. The van der Waals surface area contributed by atoms with E-state index in [2.05, 4.69) is 20.9 Å². The molecule has 0 fully saturated rings. The molecule has 0 saturated heterocycles. The number of nitrogens with zero attached hydrogens (tertiary/aromatic N) is 3. The molecule has 3 aromatic rings. The summed E-state index contributed by atoms with van der Waals surface area (Å²) in [4.78, 5) is 14.0. The van der Waals surface area contributed by atoms with Crippen LogP contribution in [0.2, 0.25) is 0 Å². The Morgan fingerprint density at radius 3 is 2.50 bits per heavy atom. The molecule has 0 atom stereocenters. The molecule has 8 heteroatoms. The molecule has 2 N–H and O–H groups in total. The number of amides is 1. The first-order chi connectivity index (χ1) is 11.6. The number of nitrogens with one attached hydrogen (secondary N) is 2. The van der Waals surface area contributed by atoms with E-state index in [0.29, 0.717) is 22.3 Å². The number of aromatic nitrogens is 2. The smallest absolute Gasteiger partial charge is 0.257 e. The molecule has 0 aliphatic heterocycles. The second kappa shape index (κ2) is 6.63. The summed E-state index contributed by atoms with van der Waals surface area (Å²) in [6, 6.07) is 12.5. The zero-order valence-electron chi connectivity index (χ0n) is 13.1. The maximum atomic E-state index is 12.1. The predicted molar refractivity (Wildman–Crippen MR) is 96.3 cm³/mol. The van der Waals surface area contributed by atoms with Gasteiger partial charge in [-0.15, -0.1) is 0 Å². The molecule has 3 rings (SSSR count). The van der Waals surface area contributed by atoms with Gasteiger partial charge in [0.2, 0.25) is 0 Å². The van der Waals surface area contributed by atoms with E-state index in [-0.39, 0.29) is 11.0 Å². The molecule has 2 aromatic carbocycles. The summed E-state index contributed by atoms with van der Waals surface area (Å²) in [5.74, 6) is -0.285. The van der Waals surface area contributed by atoms with E-state index in [1.54, 1.807) is 24.3 Å².